The molecule has 4 heteroatoms. The Morgan fingerprint density at radius 1 is 1.57 bits per heavy atom. The molecule has 0 bridgehead atoms. The SMILES string of the molecule is CCOc1ccc(Cl)cc1NCC=O. The van der Waals surface area contributed by atoms with Gasteiger partial charge in [0.25, 0.3) is 0 Å². The van der Waals surface area contributed by atoms with Crippen LogP contribution in [0.3, 0.4) is 0 Å². The van der Waals surface area contributed by atoms with Crippen molar-refractivity contribution in [2.24, 2.45) is 0 Å². The number of benzene rings is 1. The van der Waals surface area contributed by atoms with E-state index in [9.17, 15) is 4.79 Å². The van der Waals surface area contributed by atoms with E-state index in [0.29, 0.717) is 17.4 Å². The normalized spacial score (nSPS) is 9.57. The molecule has 0 aromatic heterocycles. The third-order valence-corrected chi connectivity index (χ3v) is 1.85. The third-order valence-electron chi connectivity index (χ3n) is 1.62. The van der Waals surface area contributed by atoms with Gasteiger partial charge in [0.2, 0.25) is 0 Å². The summed E-state index contributed by atoms with van der Waals surface area (Å²) < 4.78 is 5.35. The molecule has 1 aromatic carbocycles. The fourth-order valence-electron chi connectivity index (χ4n) is 1.07. The van der Waals surface area contributed by atoms with Crippen molar-refractivity contribution in [3.8, 4) is 5.75 Å². The molecule has 0 amide bonds. The van der Waals surface area contributed by atoms with Crippen LogP contribution in [0.15, 0.2) is 18.2 Å². The number of carbonyl (C=O) groups excluding carboxylic acids is 1. The van der Waals surface area contributed by atoms with E-state index >= 15 is 0 Å². The van der Waals surface area contributed by atoms with Gasteiger partial charge in [0.05, 0.1) is 18.8 Å². The summed E-state index contributed by atoms with van der Waals surface area (Å²) in [5.74, 6) is 0.707. The molecular weight excluding hydrogens is 202 g/mol. The Kier molecular flexibility index (Phi) is 4.26. The van der Waals surface area contributed by atoms with Gasteiger partial charge in [0.1, 0.15) is 12.0 Å². The van der Waals surface area contributed by atoms with Crippen molar-refractivity contribution in [2.75, 3.05) is 18.5 Å². The van der Waals surface area contributed by atoms with Gasteiger partial charge in [-0.2, -0.15) is 0 Å². The van der Waals surface area contributed by atoms with E-state index in [1.165, 1.54) is 0 Å². The summed E-state index contributed by atoms with van der Waals surface area (Å²) >= 11 is 5.81. The average molecular weight is 214 g/mol. The first kappa shape index (κ1) is 10.9. The Labute approximate surface area is 88.0 Å². The molecule has 0 aliphatic heterocycles. The molecule has 0 atom stereocenters. The molecule has 0 aliphatic rings. The van der Waals surface area contributed by atoms with Crippen LogP contribution in [0, 0.1) is 0 Å². The van der Waals surface area contributed by atoms with Crippen molar-refractivity contribution in [1.82, 2.24) is 0 Å². The van der Waals surface area contributed by atoms with Gasteiger partial charge in [-0.3, -0.25) is 0 Å². The zero-order chi connectivity index (χ0) is 10.4. The minimum absolute atomic E-state index is 0.250. The smallest absolute Gasteiger partial charge is 0.142 e. The van der Waals surface area contributed by atoms with Crippen LogP contribution in [-0.2, 0) is 4.79 Å². The second kappa shape index (κ2) is 5.50. The molecule has 0 radical (unpaired) electrons. The number of rotatable bonds is 5. The van der Waals surface area contributed by atoms with Crippen molar-refractivity contribution in [3.05, 3.63) is 23.2 Å². The number of hydrogen-bond donors (Lipinski definition) is 1. The molecule has 0 saturated carbocycles. The van der Waals surface area contributed by atoms with Gasteiger partial charge < -0.3 is 14.8 Å². The topological polar surface area (TPSA) is 38.3 Å². The van der Waals surface area contributed by atoms with Crippen LogP contribution in [0.2, 0.25) is 5.02 Å². The van der Waals surface area contributed by atoms with E-state index in [1.807, 2.05) is 6.92 Å². The number of aldehydes is 1. The number of halogens is 1. The van der Waals surface area contributed by atoms with E-state index in [4.69, 9.17) is 16.3 Å². The number of ether oxygens (including phenoxy) is 1. The molecule has 3 nitrogen and oxygen atoms in total. The zero-order valence-electron chi connectivity index (χ0n) is 7.92. The maximum absolute atomic E-state index is 10.2. The van der Waals surface area contributed by atoms with Crippen molar-refractivity contribution in [2.45, 2.75) is 6.92 Å². The maximum Gasteiger partial charge on any atom is 0.142 e. The highest BCUT2D eigenvalue weighted by molar-refractivity contribution is 6.30. The Morgan fingerprint density at radius 2 is 2.36 bits per heavy atom. The number of anilines is 1. The van der Waals surface area contributed by atoms with Gasteiger partial charge in [-0.15, -0.1) is 0 Å². The monoisotopic (exact) mass is 213 g/mol. The van der Waals surface area contributed by atoms with Crippen LogP contribution in [0.4, 0.5) is 5.69 Å². The standard InChI is InChI=1S/C10H12ClNO2/c1-2-14-10-4-3-8(11)7-9(10)12-5-6-13/h3-4,6-7,12H,2,5H2,1H3. The van der Waals surface area contributed by atoms with E-state index in [1.54, 1.807) is 18.2 Å². The number of carbonyl (C=O) groups is 1. The molecule has 1 N–H and O–H groups in total. The summed E-state index contributed by atoms with van der Waals surface area (Å²) in [4.78, 5) is 10.2. The molecule has 0 unspecified atom stereocenters. The largest absolute Gasteiger partial charge is 0.492 e. The van der Waals surface area contributed by atoms with Crippen LogP contribution in [0.1, 0.15) is 6.92 Å². The van der Waals surface area contributed by atoms with Crippen molar-refractivity contribution in [3.63, 3.8) is 0 Å². The highest BCUT2D eigenvalue weighted by atomic mass is 35.5. The van der Waals surface area contributed by atoms with E-state index in [2.05, 4.69) is 5.32 Å². The molecular formula is C10H12ClNO2. The molecule has 0 heterocycles. The Bertz CT molecular complexity index is 315. The lowest BCUT2D eigenvalue weighted by Gasteiger charge is -2.10. The summed E-state index contributed by atoms with van der Waals surface area (Å²) in [6.45, 7) is 2.73. The molecule has 1 aromatic rings. The number of hydrogen-bond acceptors (Lipinski definition) is 3. The lowest BCUT2D eigenvalue weighted by molar-refractivity contribution is -0.106. The van der Waals surface area contributed by atoms with E-state index < -0.39 is 0 Å². The van der Waals surface area contributed by atoms with Gasteiger partial charge in [0, 0.05) is 5.02 Å². The molecule has 1 rings (SSSR count). The molecule has 0 aliphatic carbocycles. The molecule has 14 heavy (non-hydrogen) atoms. The van der Waals surface area contributed by atoms with E-state index in [0.717, 1.165) is 12.0 Å². The summed E-state index contributed by atoms with van der Waals surface area (Å²) in [6, 6.07) is 5.26. The van der Waals surface area contributed by atoms with Crippen LogP contribution >= 0.6 is 11.6 Å². The summed E-state index contributed by atoms with van der Waals surface area (Å²) in [6.07, 6.45) is 0.788. The molecule has 0 fully saturated rings. The minimum Gasteiger partial charge on any atom is -0.492 e. The first-order valence-electron chi connectivity index (χ1n) is 4.37. The lowest BCUT2D eigenvalue weighted by atomic mass is 10.3. The second-order valence-corrected chi connectivity index (χ2v) is 3.06. The predicted molar refractivity (Wildman–Crippen MR) is 57.2 cm³/mol. The fourth-order valence-corrected chi connectivity index (χ4v) is 1.25. The van der Waals surface area contributed by atoms with Gasteiger partial charge in [0.15, 0.2) is 0 Å². The second-order valence-electron chi connectivity index (χ2n) is 2.62. The van der Waals surface area contributed by atoms with Crippen LogP contribution in [0.5, 0.6) is 5.75 Å². The Morgan fingerprint density at radius 3 is 3.00 bits per heavy atom. The fraction of sp³-hybridized carbons (Fsp3) is 0.300. The lowest BCUT2D eigenvalue weighted by Crippen LogP contribution is -2.04. The quantitative estimate of drug-likeness (QED) is 0.764. The highest BCUT2D eigenvalue weighted by Crippen LogP contribution is 2.27. The third kappa shape index (κ3) is 2.92. The Hall–Kier alpha value is -1.22. The summed E-state index contributed by atoms with van der Waals surface area (Å²) in [7, 11) is 0. The van der Waals surface area contributed by atoms with Gasteiger partial charge in [-0.05, 0) is 25.1 Å². The minimum atomic E-state index is 0.250. The van der Waals surface area contributed by atoms with Crippen LogP contribution in [0.25, 0.3) is 0 Å². The first-order chi connectivity index (χ1) is 6.77. The summed E-state index contributed by atoms with van der Waals surface area (Å²) in [5, 5.41) is 3.52. The maximum atomic E-state index is 10.2. The van der Waals surface area contributed by atoms with Crippen molar-refractivity contribution in [1.29, 1.82) is 0 Å². The summed E-state index contributed by atoms with van der Waals surface area (Å²) in [5.41, 5.74) is 0.742. The zero-order valence-corrected chi connectivity index (χ0v) is 8.67. The highest BCUT2D eigenvalue weighted by Gasteiger charge is 2.02. The Balaban J connectivity index is 2.84. The number of nitrogens with one attached hydrogen (secondary N) is 1. The van der Waals surface area contributed by atoms with Gasteiger partial charge in [-0.1, -0.05) is 11.6 Å². The van der Waals surface area contributed by atoms with Crippen molar-refractivity contribution < 1.29 is 9.53 Å². The molecule has 0 saturated heterocycles. The van der Waals surface area contributed by atoms with E-state index in [-0.39, 0.29) is 6.54 Å². The van der Waals surface area contributed by atoms with Gasteiger partial charge >= 0.3 is 0 Å². The van der Waals surface area contributed by atoms with Crippen LogP contribution < -0.4 is 10.1 Å². The van der Waals surface area contributed by atoms with Gasteiger partial charge in [-0.25, -0.2) is 0 Å². The first-order valence-corrected chi connectivity index (χ1v) is 4.75. The molecule has 0 spiro atoms. The predicted octanol–water partition coefficient (Wildman–Crippen LogP) is 2.35. The average Bonchev–Trinajstić information content (AvgIpc) is 2.18. The van der Waals surface area contributed by atoms with Crippen molar-refractivity contribution >= 4 is 23.6 Å². The van der Waals surface area contributed by atoms with Crippen LogP contribution in [-0.4, -0.2) is 19.4 Å². The molecule has 76 valence electrons.